The molecule has 1 aliphatic heterocycles. The third-order valence-electron chi connectivity index (χ3n) is 4.71. The topological polar surface area (TPSA) is 98.9 Å². The Kier molecular flexibility index (Phi) is 3.84. The highest BCUT2D eigenvalue weighted by molar-refractivity contribution is 5.98. The molecule has 4 aromatic rings. The van der Waals surface area contributed by atoms with E-state index in [0.29, 0.717) is 37.7 Å². The summed E-state index contributed by atoms with van der Waals surface area (Å²) in [6.07, 6.45) is 0. The van der Waals surface area contributed by atoms with Crippen LogP contribution in [0.1, 0.15) is 10.4 Å². The van der Waals surface area contributed by atoms with E-state index in [1.165, 1.54) is 0 Å². The van der Waals surface area contributed by atoms with Crippen LogP contribution in [0.3, 0.4) is 0 Å². The summed E-state index contributed by atoms with van der Waals surface area (Å²) in [5, 5.41) is 10.3. The normalized spacial score (nSPS) is 15.4. The van der Waals surface area contributed by atoms with Crippen molar-refractivity contribution in [2.45, 2.75) is 0 Å². The van der Waals surface area contributed by atoms with Crippen LogP contribution in [-0.2, 0) is 4.74 Å². The standard InChI is InChI=1S/C19H18N6O2/c26-19(24-25-7-9-27-10-8-25)12-5-6-15-16(11-12)21-18(20-15)17-13-3-1-2-4-14(13)22-23-17/h1-6,11H,7-10H2,(H,20,21)(H,22,23)(H,24,26). The lowest BCUT2D eigenvalue weighted by Crippen LogP contribution is -2.48. The number of fused-ring (bicyclic) bond motifs is 2. The van der Waals surface area contributed by atoms with Crippen molar-refractivity contribution in [2.24, 2.45) is 0 Å². The summed E-state index contributed by atoms with van der Waals surface area (Å²) < 4.78 is 5.30. The Morgan fingerprint density at radius 3 is 2.85 bits per heavy atom. The van der Waals surface area contributed by atoms with Crippen molar-refractivity contribution in [1.82, 2.24) is 30.6 Å². The first-order valence-electron chi connectivity index (χ1n) is 8.85. The molecule has 5 rings (SSSR count). The predicted molar refractivity (Wildman–Crippen MR) is 101 cm³/mol. The maximum atomic E-state index is 12.5. The number of nitrogens with zero attached hydrogens (tertiary/aromatic N) is 3. The second-order valence-corrected chi connectivity index (χ2v) is 6.48. The SMILES string of the molecule is O=C(NN1CCOCC1)c1ccc2nc(-c3n[nH]c4ccccc34)[nH]c2c1. The monoisotopic (exact) mass is 362 g/mol. The fraction of sp³-hybridized carbons (Fsp3) is 0.211. The molecular formula is C19H18N6O2. The average Bonchev–Trinajstić information content (AvgIpc) is 3.32. The molecular weight excluding hydrogens is 344 g/mol. The fourth-order valence-electron chi connectivity index (χ4n) is 3.29. The molecule has 136 valence electrons. The Morgan fingerprint density at radius 2 is 1.96 bits per heavy atom. The number of imidazole rings is 1. The first-order chi connectivity index (χ1) is 13.3. The van der Waals surface area contributed by atoms with Crippen LogP contribution in [0.15, 0.2) is 42.5 Å². The number of rotatable bonds is 3. The number of aromatic amines is 2. The van der Waals surface area contributed by atoms with Crippen molar-refractivity contribution in [1.29, 1.82) is 0 Å². The van der Waals surface area contributed by atoms with E-state index in [-0.39, 0.29) is 5.91 Å². The van der Waals surface area contributed by atoms with Crippen molar-refractivity contribution in [3.05, 3.63) is 48.0 Å². The number of carbonyl (C=O) groups excluding carboxylic acids is 1. The molecule has 3 N–H and O–H groups in total. The van der Waals surface area contributed by atoms with Crippen LogP contribution >= 0.6 is 0 Å². The summed E-state index contributed by atoms with van der Waals surface area (Å²) in [6, 6.07) is 13.4. The van der Waals surface area contributed by atoms with Crippen LogP contribution in [0.5, 0.6) is 0 Å². The zero-order valence-corrected chi connectivity index (χ0v) is 14.5. The number of hydrogen-bond donors (Lipinski definition) is 3. The lowest BCUT2D eigenvalue weighted by atomic mass is 10.2. The summed E-state index contributed by atoms with van der Waals surface area (Å²) >= 11 is 0. The lowest BCUT2D eigenvalue weighted by molar-refractivity contribution is 0.0126. The van der Waals surface area contributed by atoms with E-state index in [0.717, 1.165) is 27.6 Å². The Labute approximate surface area is 154 Å². The molecule has 2 aromatic heterocycles. The van der Waals surface area contributed by atoms with Gasteiger partial charge in [0.2, 0.25) is 0 Å². The van der Waals surface area contributed by atoms with Crippen LogP contribution in [0.2, 0.25) is 0 Å². The molecule has 0 radical (unpaired) electrons. The number of amides is 1. The second kappa shape index (κ2) is 6.49. The van der Waals surface area contributed by atoms with Gasteiger partial charge in [0.1, 0.15) is 5.69 Å². The molecule has 0 unspecified atom stereocenters. The molecule has 8 heteroatoms. The number of hydrazine groups is 1. The summed E-state index contributed by atoms with van der Waals surface area (Å²) in [5.74, 6) is 0.536. The molecule has 27 heavy (non-hydrogen) atoms. The van der Waals surface area contributed by atoms with Crippen molar-refractivity contribution in [3.63, 3.8) is 0 Å². The number of benzene rings is 2. The van der Waals surface area contributed by atoms with Crippen LogP contribution in [0, 0.1) is 0 Å². The third-order valence-corrected chi connectivity index (χ3v) is 4.71. The molecule has 0 atom stereocenters. The molecule has 3 heterocycles. The molecule has 0 bridgehead atoms. The molecule has 1 saturated heterocycles. The van der Waals surface area contributed by atoms with E-state index in [9.17, 15) is 4.79 Å². The number of ether oxygens (including phenoxy) is 1. The highest BCUT2D eigenvalue weighted by Gasteiger charge is 2.16. The number of para-hydroxylation sites is 1. The second-order valence-electron chi connectivity index (χ2n) is 6.48. The zero-order chi connectivity index (χ0) is 18.2. The van der Waals surface area contributed by atoms with Gasteiger partial charge >= 0.3 is 0 Å². The van der Waals surface area contributed by atoms with E-state index in [2.05, 4.69) is 25.6 Å². The van der Waals surface area contributed by atoms with Crippen molar-refractivity contribution < 1.29 is 9.53 Å². The molecule has 0 saturated carbocycles. The molecule has 1 aliphatic rings. The van der Waals surface area contributed by atoms with E-state index in [1.54, 1.807) is 6.07 Å². The molecule has 8 nitrogen and oxygen atoms in total. The quantitative estimate of drug-likeness (QED) is 0.518. The van der Waals surface area contributed by atoms with Gasteiger partial charge in [0.15, 0.2) is 5.82 Å². The van der Waals surface area contributed by atoms with Crippen molar-refractivity contribution in [2.75, 3.05) is 26.3 Å². The minimum Gasteiger partial charge on any atom is -0.379 e. The minimum absolute atomic E-state index is 0.139. The Bertz CT molecular complexity index is 1130. The van der Waals surface area contributed by atoms with E-state index >= 15 is 0 Å². The smallest absolute Gasteiger partial charge is 0.265 e. The fourth-order valence-corrected chi connectivity index (χ4v) is 3.29. The van der Waals surface area contributed by atoms with Crippen molar-refractivity contribution >= 4 is 27.8 Å². The number of carbonyl (C=O) groups is 1. The number of nitrogens with one attached hydrogen (secondary N) is 3. The first kappa shape index (κ1) is 16.0. The number of hydrogen-bond acceptors (Lipinski definition) is 5. The van der Waals surface area contributed by atoms with Gasteiger partial charge in [0.25, 0.3) is 5.91 Å². The van der Waals surface area contributed by atoms with Crippen LogP contribution < -0.4 is 5.43 Å². The molecule has 0 spiro atoms. The van der Waals surface area contributed by atoms with Gasteiger partial charge < -0.3 is 9.72 Å². The van der Waals surface area contributed by atoms with Gasteiger partial charge in [-0.05, 0) is 24.3 Å². The van der Waals surface area contributed by atoms with Crippen LogP contribution in [0.25, 0.3) is 33.5 Å². The lowest BCUT2D eigenvalue weighted by Gasteiger charge is -2.26. The maximum absolute atomic E-state index is 12.5. The largest absolute Gasteiger partial charge is 0.379 e. The Hall–Kier alpha value is -3.23. The first-order valence-corrected chi connectivity index (χ1v) is 8.85. The van der Waals surface area contributed by atoms with Gasteiger partial charge in [-0.2, -0.15) is 5.10 Å². The highest BCUT2D eigenvalue weighted by atomic mass is 16.5. The van der Waals surface area contributed by atoms with Gasteiger partial charge in [-0.1, -0.05) is 18.2 Å². The number of aromatic nitrogens is 4. The predicted octanol–water partition coefficient (Wildman–Crippen LogP) is 2.08. The number of H-pyrrole nitrogens is 2. The molecule has 1 fully saturated rings. The Morgan fingerprint density at radius 1 is 1.11 bits per heavy atom. The highest BCUT2D eigenvalue weighted by Crippen LogP contribution is 2.26. The van der Waals surface area contributed by atoms with Crippen LogP contribution in [-0.4, -0.2) is 57.4 Å². The van der Waals surface area contributed by atoms with Crippen LogP contribution in [0.4, 0.5) is 0 Å². The van der Waals surface area contributed by atoms with Gasteiger partial charge in [-0.3, -0.25) is 15.3 Å². The minimum atomic E-state index is -0.139. The summed E-state index contributed by atoms with van der Waals surface area (Å²) in [7, 11) is 0. The summed E-state index contributed by atoms with van der Waals surface area (Å²) in [4.78, 5) is 20.4. The zero-order valence-electron chi connectivity index (χ0n) is 14.5. The average molecular weight is 362 g/mol. The molecule has 1 amide bonds. The third kappa shape index (κ3) is 2.94. The van der Waals surface area contributed by atoms with Gasteiger partial charge in [0, 0.05) is 24.0 Å². The Balaban J connectivity index is 1.45. The van der Waals surface area contributed by atoms with E-state index in [4.69, 9.17) is 4.74 Å². The molecule has 2 aromatic carbocycles. The number of morpholine rings is 1. The van der Waals surface area contributed by atoms with Crippen molar-refractivity contribution in [3.8, 4) is 11.5 Å². The van der Waals surface area contributed by atoms with Gasteiger partial charge in [-0.25, -0.2) is 9.99 Å². The summed E-state index contributed by atoms with van der Waals surface area (Å²) in [5.41, 5.74) is 6.81. The van der Waals surface area contributed by atoms with Gasteiger partial charge in [0.05, 0.1) is 29.8 Å². The van der Waals surface area contributed by atoms with E-state index < -0.39 is 0 Å². The van der Waals surface area contributed by atoms with E-state index in [1.807, 2.05) is 41.4 Å². The van der Waals surface area contributed by atoms with Gasteiger partial charge in [-0.15, -0.1) is 0 Å². The summed E-state index contributed by atoms with van der Waals surface area (Å²) in [6.45, 7) is 2.63. The molecule has 0 aliphatic carbocycles. The maximum Gasteiger partial charge on any atom is 0.265 e.